The normalized spacial score (nSPS) is 12.6. The van der Waals surface area contributed by atoms with Gasteiger partial charge in [-0.1, -0.05) is 29.3 Å². The summed E-state index contributed by atoms with van der Waals surface area (Å²) in [5.74, 6) is 6.80. The van der Waals surface area contributed by atoms with Crippen molar-refractivity contribution in [3.8, 4) is 0 Å². The molecular weight excluding hydrogens is 248 g/mol. The number of aromatic nitrogens is 2. The fraction of sp³-hybridized carbons (Fsp3) is 0.438. The van der Waals surface area contributed by atoms with Gasteiger partial charge < -0.3 is 4.57 Å². The van der Waals surface area contributed by atoms with Crippen molar-refractivity contribution in [1.82, 2.24) is 15.0 Å². The third-order valence-corrected chi connectivity index (χ3v) is 3.57. The van der Waals surface area contributed by atoms with Gasteiger partial charge in [0.25, 0.3) is 0 Å². The molecule has 0 amide bonds. The lowest BCUT2D eigenvalue weighted by molar-refractivity contribution is 0.499. The number of imidazole rings is 1. The lowest BCUT2D eigenvalue weighted by Crippen LogP contribution is -2.39. The smallest absolute Gasteiger partial charge is 0.110 e. The number of aryl methyl sites for hydroxylation is 3. The summed E-state index contributed by atoms with van der Waals surface area (Å²) in [4.78, 5) is 4.42. The number of nitrogens with two attached hydrogens (primary N) is 1. The zero-order chi connectivity index (χ0) is 14.5. The summed E-state index contributed by atoms with van der Waals surface area (Å²) < 4.78 is 2.16. The lowest BCUT2D eigenvalue weighted by atomic mass is 9.99. The Hall–Kier alpha value is -1.65. The molecule has 0 aliphatic rings. The maximum Gasteiger partial charge on any atom is 0.110 e. The molecule has 0 saturated carbocycles. The van der Waals surface area contributed by atoms with Gasteiger partial charge in [0.15, 0.2) is 0 Å². The Balaban J connectivity index is 2.09. The van der Waals surface area contributed by atoms with Crippen LogP contribution in [0.1, 0.15) is 29.4 Å². The van der Waals surface area contributed by atoms with Crippen molar-refractivity contribution < 1.29 is 0 Å². The van der Waals surface area contributed by atoms with Crippen LogP contribution in [-0.4, -0.2) is 15.6 Å². The van der Waals surface area contributed by atoms with Crippen LogP contribution in [0.3, 0.4) is 0 Å². The summed E-state index contributed by atoms with van der Waals surface area (Å²) >= 11 is 0. The first-order chi connectivity index (χ1) is 9.62. The Morgan fingerprint density at radius 3 is 2.50 bits per heavy atom. The van der Waals surface area contributed by atoms with Crippen molar-refractivity contribution >= 4 is 0 Å². The predicted octanol–water partition coefficient (Wildman–Crippen LogP) is 2.14. The topological polar surface area (TPSA) is 55.9 Å². The van der Waals surface area contributed by atoms with E-state index in [4.69, 9.17) is 5.84 Å². The second kappa shape index (κ2) is 6.68. The molecule has 0 aliphatic carbocycles. The molecule has 4 nitrogen and oxygen atoms in total. The fourth-order valence-electron chi connectivity index (χ4n) is 2.70. The Morgan fingerprint density at radius 2 is 1.90 bits per heavy atom. The van der Waals surface area contributed by atoms with Crippen molar-refractivity contribution in [3.63, 3.8) is 0 Å². The first-order valence-corrected chi connectivity index (χ1v) is 7.15. The van der Waals surface area contributed by atoms with Crippen molar-refractivity contribution in [2.24, 2.45) is 5.84 Å². The third-order valence-electron chi connectivity index (χ3n) is 3.57. The second-order valence-corrected chi connectivity index (χ2v) is 5.40. The zero-order valence-corrected chi connectivity index (χ0v) is 12.6. The summed E-state index contributed by atoms with van der Waals surface area (Å²) in [5.41, 5.74) is 6.84. The van der Waals surface area contributed by atoms with Crippen molar-refractivity contribution in [3.05, 3.63) is 53.1 Å². The molecule has 1 aromatic heterocycles. The van der Waals surface area contributed by atoms with Gasteiger partial charge >= 0.3 is 0 Å². The average molecular weight is 272 g/mol. The van der Waals surface area contributed by atoms with Crippen LogP contribution >= 0.6 is 0 Å². The number of hydrogen-bond acceptors (Lipinski definition) is 3. The van der Waals surface area contributed by atoms with Gasteiger partial charge in [-0.15, -0.1) is 0 Å². The van der Waals surface area contributed by atoms with E-state index in [0.717, 1.165) is 25.2 Å². The van der Waals surface area contributed by atoms with E-state index in [2.05, 4.69) is 53.9 Å². The van der Waals surface area contributed by atoms with Crippen molar-refractivity contribution in [2.45, 2.75) is 46.2 Å². The van der Waals surface area contributed by atoms with E-state index in [1.807, 2.05) is 12.4 Å². The van der Waals surface area contributed by atoms with Gasteiger partial charge in [-0.25, -0.2) is 4.98 Å². The summed E-state index contributed by atoms with van der Waals surface area (Å²) in [6.07, 6.45) is 5.61. The maximum absolute atomic E-state index is 5.72. The van der Waals surface area contributed by atoms with Gasteiger partial charge in [0.1, 0.15) is 5.82 Å². The highest BCUT2D eigenvalue weighted by atomic mass is 15.2. The molecule has 0 spiro atoms. The Labute approximate surface area is 121 Å². The van der Waals surface area contributed by atoms with E-state index in [1.165, 1.54) is 16.7 Å². The molecule has 0 aliphatic heterocycles. The Kier molecular flexibility index (Phi) is 4.93. The SMILES string of the molecule is CCn1ccnc1CC(Cc1cc(C)cc(C)c1)NN. The van der Waals surface area contributed by atoms with E-state index in [-0.39, 0.29) is 6.04 Å². The van der Waals surface area contributed by atoms with Crippen molar-refractivity contribution in [2.75, 3.05) is 0 Å². The minimum atomic E-state index is 0.198. The van der Waals surface area contributed by atoms with Gasteiger partial charge in [0.2, 0.25) is 0 Å². The van der Waals surface area contributed by atoms with Crippen LogP contribution in [0.25, 0.3) is 0 Å². The molecule has 4 heteroatoms. The van der Waals surface area contributed by atoms with E-state index >= 15 is 0 Å². The highest BCUT2D eigenvalue weighted by Gasteiger charge is 2.12. The highest BCUT2D eigenvalue weighted by molar-refractivity contribution is 5.29. The van der Waals surface area contributed by atoms with Crippen LogP contribution in [0.2, 0.25) is 0 Å². The molecule has 0 radical (unpaired) electrons. The summed E-state index contributed by atoms with van der Waals surface area (Å²) in [6.45, 7) is 7.33. The molecule has 1 atom stereocenters. The molecule has 1 aromatic carbocycles. The van der Waals surface area contributed by atoms with E-state index in [0.29, 0.717) is 0 Å². The molecule has 0 fully saturated rings. The van der Waals surface area contributed by atoms with Gasteiger partial charge in [0, 0.05) is 31.4 Å². The number of nitrogens with one attached hydrogen (secondary N) is 1. The summed E-state index contributed by atoms with van der Waals surface area (Å²) in [7, 11) is 0. The van der Waals surface area contributed by atoms with Gasteiger partial charge in [-0.05, 0) is 32.8 Å². The van der Waals surface area contributed by atoms with Gasteiger partial charge in [-0.2, -0.15) is 0 Å². The lowest BCUT2D eigenvalue weighted by Gasteiger charge is -2.17. The van der Waals surface area contributed by atoms with Crippen LogP contribution in [0.5, 0.6) is 0 Å². The fourth-order valence-corrected chi connectivity index (χ4v) is 2.70. The number of rotatable bonds is 6. The van der Waals surface area contributed by atoms with E-state index in [1.54, 1.807) is 0 Å². The molecule has 3 N–H and O–H groups in total. The second-order valence-electron chi connectivity index (χ2n) is 5.40. The first kappa shape index (κ1) is 14.8. The van der Waals surface area contributed by atoms with Crippen LogP contribution in [0.15, 0.2) is 30.6 Å². The summed E-state index contributed by atoms with van der Waals surface area (Å²) in [5, 5.41) is 0. The number of hydrazine groups is 1. The van der Waals surface area contributed by atoms with Crippen LogP contribution < -0.4 is 11.3 Å². The van der Waals surface area contributed by atoms with Crippen molar-refractivity contribution in [1.29, 1.82) is 0 Å². The molecule has 108 valence electrons. The molecule has 2 aromatic rings. The standard InChI is InChI=1S/C16H24N4/c1-4-20-6-5-18-16(20)11-15(19-17)10-14-8-12(2)7-13(3)9-14/h5-9,15,19H,4,10-11,17H2,1-3H3. The Bertz CT molecular complexity index is 539. The van der Waals surface area contributed by atoms with Gasteiger partial charge in [0.05, 0.1) is 0 Å². The van der Waals surface area contributed by atoms with E-state index in [9.17, 15) is 0 Å². The maximum atomic E-state index is 5.72. The van der Waals surface area contributed by atoms with Crippen LogP contribution in [0, 0.1) is 13.8 Å². The molecule has 1 unspecified atom stereocenters. The minimum absolute atomic E-state index is 0.198. The number of benzene rings is 1. The van der Waals surface area contributed by atoms with Gasteiger partial charge in [-0.3, -0.25) is 11.3 Å². The largest absolute Gasteiger partial charge is 0.335 e. The highest BCUT2D eigenvalue weighted by Crippen LogP contribution is 2.12. The number of hydrogen-bond donors (Lipinski definition) is 2. The number of nitrogens with zero attached hydrogens (tertiary/aromatic N) is 2. The predicted molar refractivity (Wildman–Crippen MR) is 82.3 cm³/mol. The third kappa shape index (κ3) is 3.68. The monoisotopic (exact) mass is 272 g/mol. The average Bonchev–Trinajstić information content (AvgIpc) is 2.84. The molecule has 2 rings (SSSR count). The summed E-state index contributed by atoms with van der Waals surface area (Å²) in [6, 6.07) is 6.84. The Morgan fingerprint density at radius 1 is 1.20 bits per heavy atom. The zero-order valence-electron chi connectivity index (χ0n) is 12.6. The molecule has 1 heterocycles. The molecule has 0 saturated heterocycles. The van der Waals surface area contributed by atoms with E-state index < -0.39 is 0 Å². The van der Waals surface area contributed by atoms with Crippen LogP contribution in [0.4, 0.5) is 0 Å². The molecule has 0 bridgehead atoms. The molecular formula is C16H24N4. The van der Waals surface area contributed by atoms with Crippen LogP contribution in [-0.2, 0) is 19.4 Å². The quantitative estimate of drug-likeness (QED) is 0.626. The molecule has 20 heavy (non-hydrogen) atoms. The minimum Gasteiger partial charge on any atom is -0.335 e. The first-order valence-electron chi connectivity index (χ1n) is 7.15.